The van der Waals surface area contributed by atoms with E-state index in [1.54, 1.807) is 0 Å². The average molecular weight is 289 g/mol. The summed E-state index contributed by atoms with van der Waals surface area (Å²) in [5, 5.41) is 19.5. The summed E-state index contributed by atoms with van der Waals surface area (Å²) in [6.45, 7) is -0.108. The molecule has 0 aliphatic carbocycles. The normalized spacial score (nSPS) is 12.1. The highest BCUT2D eigenvalue weighted by Gasteiger charge is 2.21. The van der Waals surface area contributed by atoms with Gasteiger partial charge in [0, 0.05) is 23.2 Å². The molecule has 0 spiro atoms. The van der Waals surface area contributed by atoms with E-state index in [-0.39, 0.29) is 12.2 Å². The van der Waals surface area contributed by atoms with Crippen molar-refractivity contribution in [1.29, 1.82) is 0 Å². The van der Waals surface area contributed by atoms with Crippen LogP contribution < -0.4 is 5.73 Å². The van der Waals surface area contributed by atoms with Gasteiger partial charge in [0.1, 0.15) is 0 Å². The van der Waals surface area contributed by atoms with Crippen LogP contribution in [0.5, 0.6) is 0 Å². The highest BCUT2D eigenvalue weighted by Crippen LogP contribution is 2.26. The summed E-state index contributed by atoms with van der Waals surface area (Å²) >= 11 is 3.09. The summed E-state index contributed by atoms with van der Waals surface area (Å²) in [7, 11) is 0. The number of non-ortho nitro benzene ring substituents is 1. The fraction of sp³-hybridized carbons (Fsp3) is 0.222. The molecule has 6 nitrogen and oxygen atoms in total. The Labute approximate surface area is 99.3 Å². The van der Waals surface area contributed by atoms with E-state index in [0.717, 1.165) is 0 Å². The maximum atomic E-state index is 10.9. The highest BCUT2D eigenvalue weighted by atomic mass is 79.9. The van der Waals surface area contributed by atoms with E-state index in [9.17, 15) is 14.9 Å². The van der Waals surface area contributed by atoms with Crippen LogP contribution in [0.1, 0.15) is 11.5 Å². The number of aliphatic carboxylic acids is 1. The number of carboxylic acid groups (broad SMARTS) is 1. The third-order valence-corrected chi connectivity index (χ3v) is 2.51. The molecule has 7 heteroatoms. The second-order valence-corrected chi connectivity index (χ2v) is 4.04. The summed E-state index contributed by atoms with van der Waals surface area (Å²) < 4.78 is 0.455. The van der Waals surface area contributed by atoms with E-state index in [4.69, 9.17) is 10.8 Å². The van der Waals surface area contributed by atoms with Gasteiger partial charge < -0.3 is 10.8 Å². The van der Waals surface area contributed by atoms with Gasteiger partial charge >= 0.3 is 5.97 Å². The van der Waals surface area contributed by atoms with Crippen molar-refractivity contribution in [3.63, 3.8) is 0 Å². The van der Waals surface area contributed by atoms with Gasteiger partial charge in [-0.05, 0) is 11.6 Å². The maximum absolute atomic E-state index is 10.9. The number of halogens is 1. The lowest BCUT2D eigenvalue weighted by Crippen LogP contribution is -2.21. The first-order valence-corrected chi connectivity index (χ1v) is 5.12. The fourth-order valence-electron chi connectivity index (χ4n) is 1.28. The van der Waals surface area contributed by atoms with Crippen molar-refractivity contribution >= 4 is 27.6 Å². The minimum Gasteiger partial charge on any atom is -0.481 e. The number of hydrogen-bond donors (Lipinski definition) is 2. The number of nitrogens with two attached hydrogens (primary N) is 1. The van der Waals surface area contributed by atoms with Crippen molar-refractivity contribution in [2.24, 2.45) is 5.73 Å². The van der Waals surface area contributed by atoms with Crippen molar-refractivity contribution in [3.8, 4) is 0 Å². The predicted octanol–water partition coefficient (Wildman–Crippen LogP) is 1.48. The van der Waals surface area contributed by atoms with Gasteiger partial charge in [0.05, 0.1) is 10.8 Å². The Morgan fingerprint density at radius 1 is 1.56 bits per heavy atom. The first-order valence-electron chi connectivity index (χ1n) is 4.33. The van der Waals surface area contributed by atoms with Crippen molar-refractivity contribution in [2.75, 3.05) is 6.54 Å². The Bertz CT molecular complexity index is 436. The van der Waals surface area contributed by atoms with Gasteiger partial charge in [-0.2, -0.15) is 0 Å². The standard InChI is InChI=1S/C9H9BrN2O4/c10-6-1-5(8(4-11)9(13)14)2-7(3-6)12(15)16/h1-3,8H,4,11H2,(H,13,14). The van der Waals surface area contributed by atoms with Crippen LogP contribution >= 0.6 is 15.9 Å². The molecule has 3 N–H and O–H groups in total. The van der Waals surface area contributed by atoms with Crippen LogP contribution in [-0.4, -0.2) is 22.5 Å². The molecule has 0 saturated carbocycles. The summed E-state index contributed by atoms with van der Waals surface area (Å²) in [6, 6.07) is 4.04. The smallest absolute Gasteiger partial charge is 0.312 e. The number of nitrogens with zero attached hydrogens (tertiary/aromatic N) is 1. The number of nitro groups is 1. The molecular weight excluding hydrogens is 280 g/mol. The minimum absolute atomic E-state index is 0.108. The van der Waals surface area contributed by atoms with E-state index in [0.29, 0.717) is 10.0 Å². The van der Waals surface area contributed by atoms with E-state index in [1.807, 2.05) is 0 Å². The van der Waals surface area contributed by atoms with Crippen LogP contribution in [0.25, 0.3) is 0 Å². The zero-order valence-electron chi connectivity index (χ0n) is 8.09. The summed E-state index contributed by atoms with van der Waals surface area (Å²) in [4.78, 5) is 20.9. The first kappa shape index (κ1) is 12.6. The Hall–Kier alpha value is -1.47. The van der Waals surface area contributed by atoms with Crippen LogP contribution in [0.15, 0.2) is 22.7 Å². The Morgan fingerprint density at radius 3 is 2.62 bits per heavy atom. The van der Waals surface area contributed by atoms with E-state index in [2.05, 4.69) is 15.9 Å². The van der Waals surface area contributed by atoms with E-state index < -0.39 is 16.8 Å². The molecule has 1 aromatic rings. The molecule has 0 aromatic heterocycles. The van der Waals surface area contributed by atoms with Gasteiger partial charge in [-0.15, -0.1) is 0 Å². The summed E-state index contributed by atoms with van der Waals surface area (Å²) in [5.41, 5.74) is 5.47. The van der Waals surface area contributed by atoms with Crippen LogP contribution in [-0.2, 0) is 4.79 Å². The average Bonchev–Trinajstić information content (AvgIpc) is 2.17. The van der Waals surface area contributed by atoms with Crippen LogP contribution in [0, 0.1) is 10.1 Å². The minimum atomic E-state index is -1.10. The summed E-state index contributed by atoms with van der Waals surface area (Å²) in [5.74, 6) is -2.04. The van der Waals surface area contributed by atoms with Crippen molar-refractivity contribution in [2.45, 2.75) is 5.92 Å². The van der Waals surface area contributed by atoms with Crippen LogP contribution in [0.3, 0.4) is 0 Å². The number of nitro benzene ring substituents is 1. The number of hydrogen-bond acceptors (Lipinski definition) is 4. The summed E-state index contributed by atoms with van der Waals surface area (Å²) in [6.07, 6.45) is 0. The zero-order valence-corrected chi connectivity index (χ0v) is 9.68. The van der Waals surface area contributed by atoms with Gasteiger partial charge in [0.25, 0.3) is 5.69 Å². The molecule has 0 radical (unpaired) electrons. The van der Waals surface area contributed by atoms with Gasteiger partial charge in [0.2, 0.25) is 0 Å². The molecule has 0 fully saturated rings. The quantitative estimate of drug-likeness (QED) is 0.645. The van der Waals surface area contributed by atoms with Gasteiger partial charge in [0.15, 0.2) is 0 Å². The predicted molar refractivity (Wildman–Crippen MR) is 60.2 cm³/mol. The lowest BCUT2D eigenvalue weighted by Gasteiger charge is -2.10. The van der Waals surface area contributed by atoms with Gasteiger partial charge in [-0.3, -0.25) is 14.9 Å². The largest absolute Gasteiger partial charge is 0.481 e. The molecule has 0 amide bonds. The molecule has 1 rings (SSSR count). The zero-order chi connectivity index (χ0) is 12.3. The Kier molecular flexibility index (Phi) is 3.97. The lowest BCUT2D eigenvalue weighted by molar-refractivity contribution is -0.385. The molecule has 0 aliphatic heterocycles. The lowest BCUT2D eigenvalue weighted by atomic mass is 9.99. The topological polar surface area (TPSA) is 106 Å². The molecule has 0 heterocycles. The molecule has 1 aromatic carbocycles. The Morgan fingerprint density at radius 2 is 2.19 bits per heavy atom. The highest BCUT2D eigenvalue weighted by molar-refractivity contribution is 9.10. The maximum Gasteiger partial charge on any atom is 0.312 e. The number of carboxylic acids is 1. The Balaban J connectivity index is 3.22. The second-order valence-electron chi connectivity index (χ2n) is 3.13. The molecule has 0 bridgehead atoms. The molecule has 16 heavy (non-hydrogen) atoms. The third kappa shape index (κ3) is 2.77. The van der Waals surface area contributed by atoms with Crippen molar-refractivity contribution in [3.05, 3.63) is 38.3 Å². The molecule has 86 valence electrons. The fourth-order valence-corrected chi connectivity index (χ4v) is 1.78. The molecule has 1 unspecified atom stereocenters. The van der Waals surface area contributed by atoms with E-state index >= 15 is 0 Å². The number of benzene rings is 1. The number of rotatable bonds is 4. The van der Waals surface area contributed by atoms with Gasteiger partial charge in [-0.25, -0.2) is 0 Å². The van der Waals surface area contributed by atoms with Crippen LogP contribution in [0.4, 0.5) is 5.69 Å². The molecule has 0 aliphatic rings. The molecular formula is C9H9BrN2O4. The van der Waals surface area contributed by atoms with E-state index in [1.165, 1.54) is 18.2 Å². The van der Waals surface area contributed by atoms with Crippen molar-refractivity contribution < 1.29 is 14.8 Å². The van der Waals surface area contributed by atoms with Crippen LogP contribution in [0.2, 0.25) is 0 Å². The SMILES string of the molecule is NCC(C(=O)O)c1cc(Br)cc([N+](=O)[O-])c1. The third-order valence-electron chi connectivity index (χ3n) is 2.05. The monoisotopic (exact) mass is 288 g/mol. The van der Waals surface area contributed by atoms with Gasteiger partial charge in [-0.1, -0.05) is 15.9 Å². The number of carbonyl (C=O) groups is 1. The molecule has 1 atom stereocenters. The first-order chi connectivity index (χ1) is 7.45. The second kappa shape index (κ2) is 5.04. The molecule has 0 saturated heterocycles. The van der Waals surface area contributed by atoms with Crippen molar-refractivity contribution in [1.82, 2.24) is 0 Å².